The van der Waals surface area contributed by atoms with Crippen LogP contribution in [0.1, 0.15) is 38.2 Å². The van der Waals surface area contributed by atoms with Crippen LogP contribution in [0.15, 0.2) is 30.5 Å². The Bertz CT molecular complexity index is 1310. The fourth-order valence-electron chi connectivity index (χ4n) is 5.97. The molecule has 5 aliphatic heterocycles. The molecule has 0 aliphatic carbocycles. The SMILES string of the molecule is CCS(=O)(=O)N1CCC(C(=O)N2Cc3cc(F)cnc3Nc3ccc(N4CC5CCC4CO5)cc32)CC1. The Morgan fingerprint density at radius 2 is 2.00 bits per heavy atom. The summed E-state index contributed by atoms with van der Waals surface area (Å²) >= 11 is 0. The van der Waals surface area contributed by atoms with Crippen molar-refractivity contribution in [2.24, 2.45) is 5.92 Å². The molecule has 198 valence electrons. The van der Waals surface area contributed by atoms with Crippen LogP contribution in [0.5, 0.6) is 0 Å². The van der Waals surface area contributed by atoms with E-state index in [0.29, 0.717) is 50.0 Å². The van der Waals surface area contributed by atoms with Gasteiger partial charge < -0.3 is 19.9 Å². The summed E-state index contributed by atoms with van der Waals surface area (Å²) in [4.78, 5) is 22.3. The average molecular weight is 530 g/mol. The number of ether oxygens (including phenoxy) is 1. The molecule has 5 aliphatic rings. The number of rotatable bonds is 4. The fourth-order valence-corrected chi connectivity index (χ4v) is 7.10. The van der Waals surface area contributed by atoms with Crippen molar-refractivity contribution in [2.45, 2.75) is 51.3 Å². The molecule has 11 heteroatoms. The quantitative estimate of drug-likeness (QED) is 0.650. The molecule has 2 bridgehead atoms. The van der Waals surface area contributed by atoms with Crippen molar-refractivity contribution < 1.29 is 22.3 Å². The number of hydrogen-bond donors (Lipinski definition) is 1. The van der Waals surface area contributed by atoms with Gasteiger partial charge >= 0.3 is 0 Å². The van der Waals surface area contributed by atoms with E-state index in [2.05, 4.69) is 21.3 Å². The molecule has 1 amide bonds. The molecule has 0 radical (unpaired) electrons. The number of aromatic nitrogens is 1. The number of halogens is 1. The summed E-state index contributed by atoms with van der Waals surface area (Å²) < 4.78 is 46.2. The van der Waals surface area contributed by atoms with Gasteiger partial charge in [0, 0.05) is 36.8 Å². The third-order valence-electron chi connectivity index (χ3n) is 8.13. The van der Waals surface area contributed by atoms with Gasteiger partial charge in [-0.2, -0.15) is 0 Å². The lowest BCUT2D eigenvalue weighted by Gasteiger charge is -2.46. The number of anilines is 4. The third kappa shape index (κ3) is 4.57. The molecule has 1 aromatic heterocycles. The molecule has 4 saturated heterocycles. The van der Waals surface area contributed by atoms with E-state index in [9.17, 15) is 17.6 Å². The zero-order valence-electron chi connectivity index (χ0n) is 20.9. The van der Waals surface area contributed by atoms with Gasteiger partial charge in [0.05, 0.1) is 48.6 Å². The molecule has 7 rings (SSSR count). The number of piperidine rings is 2. The standard InChI is InChI=1S/C26H32FN5O4S/c1-2-37(34,35)30-9-7-17(8-10-30)26(33)32-14-18-11-19(27)13-28-25(18)29-23-6-4-20(12-24(23)32)31-15-22-5-3-21(31)16-36-22/h4,6,11-13,17,21-22H,2-3,5,7-10,14-16H2,1H3,(H,28,29). The van der Waals surface area contributed by atoms with Crippen molar-refractivity contribution in [2.75, 3.05) is 47.1 Å². The minimum Gasteiger partial charge on any atom is -0.374 e. The Hall–Kier alpha value is -2.76. The van der Waals surface area contributed by atoms with Gasteiger partial charge in [-0.15, -0.1) is 0 Å². The molecule has 37 heavy (non-hydrogen) atoms. The summed E-state index contributed by atoms with van der Waals surface area (Å²) in [5.41, 5.74) is 3.10. The van der Waals surface area contributed by atoms with Gasteiger partial charge in [-0.05, 0) is 56.9 Å². The van der Waals surface area contributed by atoms with E-state index in [1.54, 1.807) is 11.8 Å². The van der Waals surface area contributed by atoms with Gasteiger partial charge in [-0.25, -0.2) is 22.1 Å². The maximum absolute atomic E-state index is 14.1. The maximum atomic E-state index is 14.1. The van der Waals surface area contributed by atoms with Crippen molar-refractivity contribution in [3.05, 3.63) is 41.8 Å². The molecule has 0 saturated carbocycles. The summed E-state index contributed by atoms with van der Waals surface area (Å²) in [5.74, 6) is -0.267. The lowest BCUT2D eigenvalue weighted by molar-refractivity contribution is -0.123. The minimum absolute atomic E-state index is 0.0539. The third-order valence-corrected chi connectivity index (χ3v) is 10.0. The van der Waals surface area contributed by atoms with Crippen molar-refractivity contribution in [1.82, 2.24) is 9.29 Å². The van der Waals surface area contributed by atoms with Crippen LogP contribution in [0.25, 0.3) is 0 Å². The van der Waals surface area contributed by atoms with Crippen molar-refractivity contribution >= 4 is 38.8 Å². The van der Waals surface area contributed by atoms with E-state index < -0.39 is 15.8 Å². The molecule has 9 nitrogen and oxygen atoms in total. The van der Waals surface area contributed by atoms with Crippen LogP contribution in [0.2, 0.25) is 0 Å². The van der Waals surface area contributed by atoms with Crippen LogP contribution in [0, 0.1) is 11.7 Å². The van der Waals surface area contributed by atoms with E-state index in [-0.39, 0.29) is 30.2 Å². The summed E-state index contributed by atoms with van der Waals surface area (Å²) in [7, 11) is -3.28. The van der Waals surface area contributed by atoms with E-state index in [0.717, 1.165) is 36.4 Å². The van der Waals surface area contributed by atoms with E-state index in [1.807, 2.05) is 12.1 Å². The van der Waals surface area contributed by atoms with Crippen LogP contribution in [0.4, 0.5) is 27.3 Å². The lowest BCUT2D eigenvalue weighted by Crippen LogP contribution is -2.54. The second-order valence-corrected chi connectivity index (χ2v) is 12.6. The highest BCUT2D eigenvalue weighted by Gasteiger charge is 2.37. The first-order valence-electron chi connectivity index (χ1n) is 13.1. The number of amides is 1. The second-order valence-electron chi connectivity index (χ2n) is 10.3. The van der Waals surface area contributed by atoms with Gasteiger partial charge in [-0.1, -0.05) is 0 Å². The lowest BCUT2D eigenvalue weighted by atomic mass is 9.95. The van der Waals surface area contributed by atoms with Crippen molar-refractivity contribution in [3.63, 3.8) is 0 Å². The van der Waals surface area contributed by atoms with E-state index in [4.69, 9.17) is 4.74 Å². The number of benzene rings is 1. The Morgan fingerprint density at radius 1 is 1.19 bits per heavy atom. The van der Waals surface area contributed by atoms with Gasteiger partial charge in [0.25, 0.3) is 0 Å². The highest BCUT2D eigenvalue weighted by molar-refractivity contribution is 7.89. The smallest absolute Gasteiger partial charge is 0.230 e. The molecule has 2 aromatic rings. The summed E-state index contributed by atoms with van der Waals surface area (Å²) in [6, 6.07) is 7.78. The second kappa shape index (κ2) is 9.52. The predicted molar refractivity (Wildman–Crippen MR) is 139 cm³/mol. The zero-order chi connectivity index (χ0) is 25.7. The number of morpholine rings is 1. The predicted octanol–water partition coefficient (Wildman–Crippen LogP) is 3.24. The van der Waals surface area contributed by atoms with E-state index >= 15 is 0 Å². The summed E-state index contributed by atoms with van der Waals surface area (Å²) in [6.07, 6.45) is 4.46. The summed E-state index contributed by atoms with van der Waals surface area (Å²) in [6.45, 7) is 4.00. The Kier molecular flexibility index (Phi) is 6.32. The Balaban J connectivity index is 1.33. The number of hydrogen-bond acceptors (Lipinski definition) is 7. The number of fused-ring (bicyclic) bond motifs is 5. The minimum atomic E-state index is -3.28. The first kappa shape index (κ1) is 24.6. The van der Waals surface area contributed by atoms with E-state index in [1.165, 1.54) is 16.6 Å². The molecule has 1 aromatic carbocycles. The Labute approximate surface area is 216 Å². The molecule has 1 N–H and O–H groups in total. The van der Waals surface area contributed by atoms with Crippen LogP contribution < -0.4 is 15.1 Å². The number of nitrogens with zero attached hydrogens (tertiary/aromatic N) is 4. The first-order chi connectivity index (χ1) is 17.8. The molecule has 2 atom stereocenters. The van der Waals surface area contributed by atoms with Crippen LogP contribution >= 0.6 is 0 Å². The molecule has 0 spiro atoms. The largest absolute Gasteiger partial charge is 0.374 e. The van der Waals surface area contributed by atoms with Crippen LogP contribution in [0.3, 0.4) is 0 Å². The number of pyridine rings is 1. The molecule has 4 fully saturated rings. The number of carbonyl (C=O) groups excluding carboxylic acids is 1. The van der Waals surface area contributed by atoms with Crippen LogP contribution in [-0.4, -0.2) is 67.8 Å². The topological polar surface area (TPSA) is 95.1 Å². The zero-order valence-corrected chi connectivity index (χ0v) is 21.7. The molecule has 6 heterocycles. The van der Waals surface area contributed by atoms with Gasteiger partial charge in [0.15, 0.2) is 0 Å². The fraction of sp³-hybridized carbons (Fsp3) is 0.538. The summed E-state index contributed by atoms with van der Waals surface area (Å²) in [5, 5.41) is 3.31. The number of sulfonamides is 1. The van der Waals surface area contributed by atoms with Crippen molar-refractivity contribution in [3.8, 4) is 0 Å². The normalized spacial score (nSPS) is 24.3. The van der Waals surface area contributed by atoms with Gasteiger partial charge in [0.1, 0.15) is 11.6 Å². The molecular weight excluding hydrogens is 497 g/mol. The maximum Gasteiger partial charge on any atom is 0.230 e. The number of carbonyl (C=O) groups is 1. The average Bonchev–Trinajstić information content (AvgIpc) is 3.09. The van der Waals surface area contributed by atoms with Crippen molar-refractivity contribution in [1.29, 1.82) is 0 Å². The monoisotopic (exact) mass is 529 g/mol. The highest BCUT2D eigenvalue weighted by Crippen LogP contribution is 2.41. The molecule has 2 unspecified atom stereocenters. The molecular formula is C26H32FN5O4S. The van der Waals surface area contributed by atoms with Crippen LogP contribution in [-0.2, 0) is 26.1 Å². The number of nitrogens with one attached hydrogen (secondary N) is 1. The highest BCUT2D eigenvalue weighted by atomic mass is 32.2. The Morgan fingerprint density at radius 3 is 2.68 bits per heavy atom. The first-order valence-corrected chi connectivity index (χ1v) is 14.7. The van der Waals surface area contributed by atoms with Gasteiger partial charge in [0.2, 0.25) is 15.9 Å². The van der Waals surface area contributed by atoms with Gasteiger partial charge in [-0.3, -0.25) is 4.79 Å².